The SMILES string of the molecule is Cc1ccc2c(c1)[C@H]1[C@@H](Cl)[C@@H](Sc3ccccc3[N+](=O)[O-])C[C@@H]1[C@H](C(=O)O)N2. The fourth-order valence-corrected chi connectivity index (χ4v) is 6.29. The predicted octanol–water partition coefficient (Wildman–Crippen LogP) is 4.65. The number of benzene rings is 2. The molecule has 2 aromatic rings. The Morgan fingerprint density at radius 1 is 1.32 bits per heavy atom. The van der Waals surface area contributed by atoms with Gasteiger partial charge in [0.2, 0.25) is 0 Å². The number of thioether (sulfide) groups is 1. The Balaban J connectivity index is 1.70. The van der Waals surface area contributed by atoms with E-state index in [2.05, 4.69) is 11.4 Å². The number of rotatable bonds is 4. The van der Waals surface area contributed by atoms with Crippen LogP contribution in [0.3, 0.4) is 0 Å². The first kappa shape index (κ1) is 19.1. The minimum Gasteiger partial charge on any atom is -0.480 e. The molecule has 0 saturated heterocycles. The van der Waals surface area contributed by atoms with E-state index in [9.17, 15) is 20.0 Å². The Morgan fingerprint density at radius 3 is 2.79 bits per heavy atom. The van der Waals surface area contributed by atoms with Gasteiger partial charge in [0.1, 0.15) is 6.04 Å². The van der Waals surface area contributed by atoms with Crippen LogP contribution in [0.4, 0.5) is 11.4 Å². The van der Waals surface area contributed by atoms with Gasteiger partial charge in [-0.1, -0.05) is 29.8 Å². The number of hydrogen-bond donors (Lipinski definition) is 2. The summed E-state index contributed by atoms with van der Waals surface area (Å²) in [5.74, 6) is -1.19. The van der Waals surface area contributed by atoms with Crippen molar-refractivity contribution >= 4 is 40.7 Å². The molecule has 2 aliphatic rings. The molecule has 8 heteroatoms. The van der Waals surface area contributed by atoms with Gasteiger partial charge in [0, 0.05) is 22.9 Å². The van der Waals surface area contributed by atoms with E-state index in [0.717, 1.165) is 16.8 Å². The number of nitro groups is 1. The lowest BCUT2D eigenvalue weighted by atomic mass is 9.79. The number of carboxylic acids is 1. The van der Waals surface area contributed by atoms with E-state index in [1.165, 1.54) is 17.8 Å². The van der Waals surface area contributed by atoms with Crippen molar-refractivity contribution in [1.29, 1.82) is 0 Å². The number of aliphatic carboxylic acids is 1. The maximum Gasteiger partial charge on any atom is 0.326 e. The molecule has 0 spiro atoms. The number of nitro benzene ring substituents is 1. The van der Waals surface area contributed by atoms with Crippen molar-refractivity contribution in [3.63, 3.8) is 0 Å². The van der Waals surface area contributed by atoms with Crippen molar-refractivity contribution in [2.24, 2.45) is 5.92 Å². The van der Waals surface area contributed by atoms with Gasteiger partial charge in [-0.3, -0.25) is 10.1 Å². The Hall–Kier alpha value is -2.25. The molecule has 0 unspecified atom stereocenters. The zero-order valence-electron chi connectivity index (χ0n) is 15.0. The molecular formula is C20H19ClN2O4S. The van der Waals surface area contributed by atoms with Crippen LogP contribution in [0.5, 0.6) is 0 Å². The summed E-state index contributed by atoms with van der Waals surface area (Å²) in [6.07, 6.45) is 0.576. The van der Waals surface area contributed by atoms with Gasteiger partial charge in [0.15, 0.2) is 0 Å². The van der Waals surface area contributed by atoms with Crippen LogP contribution in [0.15, 0.2) is 47.4 Å². The molecule has 0 radical (unpaired) electrons. The maximum absolute atomic E-state index is 11.9. The zero-order chi connectivity index (χ0) is 20.0. The highest BCUT2D eigenvalue weighted by Crippen LogP contribution is 2.55. The first-order valence-corrected chi connectivity index (χ1v) is 10.3. The third-order valence-electron chi connectivity index (χ3n) is 5.58. The van der Waals surface area contributed by atoms with Crippen molar-refractivity contribution in [2.75, 3.05) is 5.32 Å². The van der Waals surface area contributed by atoms with Crippen molar-refractivity contribution in [2.45, 2.75) is 40.8 Å². The molecular weight excluding hydrogens is 400 g/mol. The van der Waals surface area contributed by atoms with Crippen LogP contribution < -0.4 is 5.32 Å². The van der Waals surface area contributed by atoms with E-state index < -0.39 is 16.9 Å². The molecule has 0 aromatic heterocycles. The van der Waals surface area contributed by atoms with Crippen molar-refractivity contribution in [3.8, 4) is 0 Å². The lowest BCUT2D eigenvalue weighted by Crippen LogP contribution is -2.42. The minimum atomic E-state index is -0.901. The summed E-state index contributed by atoms with van der Waals surface area (Å²) >= 11 is 8.25. The van der Waals surface area contributed by atoms with Crippen molar-refractivity contribution in [1.82, 2.24) is 0 Å². The summed E-state index contributed by atoms with van der Waals surface area (Å²) in [5.41, 5.74) is 2.98. The first-order chi connectivity index (χ1) is 13.4. The third-order valence-corrected chi connectivity index (χ3v) is 7.69. The van der Waals surface area contributed by atoms with Crippen LogP contribution in [0, 0.1) is 23.0 Å². The molecule has 0 bridgehead atoms. The highest BCUT2D eigenvalue weighted by molar-refractivity contribution is 8.00. The Labute approximate surface area is 171 Å². The van der Waals surface area contributed by atoms with E-state index >= 15 is 0 Å². The number of para-hydroxylation sites is 1. The number of nitrogens with one attached hydrogen (secondary N) is 1. The Kier molecular flexibility index (Phi) is 4.97. The summed E-state index contributed by atoms with van der Waals surface area (Å²) < 4.78 is 0. The average molecular weight is 419 g/mol. The van der Waals surface area contributed by atoms with Gasteiger partial charge < -0.3 is 10.4 Å². The first-order valence-electron chi connectivity index (χ1n) is 9.01. The molecule has 1 heterocycles. The number of aryl methyl sites for hydroxylation is 1. The van der Waals surface area contributed by atoms with E-state index in [1.54, 1.807) is 18.2 Å². The van der Waals surface area contributed by atoms with Crippen LogP contribution in [0.2, 0.25) is 0 Å². The highest BCUT2D eigenvalue weighted by atomic mass is 35.5. The number of carbonyl (C=O) groups is 1. The quantitative estimate of drug-likeness (QED) is 0.426. The largest absolute Gasteiger partial charge is 0.480 e. The summed E-state index contributed by atoms with van der Waals surface area (Å²) in [7, 11) is 0. The smallest absolute Gasteiger partial charge is 0.326 e. The van der Waals surface area contributed by atoms with Crippen LogP contribution >= 0.6 is 23.4 Å². The normalized spacial score (nSPS) is 28.1. The number of carboxylic acid groups (broad SMARTS) is 1. The number of hydrogen-bond acceptors (Lipinski definition) is 5. The second kappa shape index (κ2) is 7.29. The molecule has 5 atom stereocenters. The van der Waals surface area contributed by atoms with Crippen molar-refractivity contribution in [3.05, 3.63) is 63.7 Å². The molecule has 146 valence electrons. The van der Waals surface area contributed by atoms with Gasteiger partial charge in [-0.05, 0) is 37.0 Å². The molecule has 2 N–H and O–H groups in total. The monoisotopic (exact) mass is 418 g/mol. The molecule has 1 saturated carbocycles. The van der Waals surface area contributed by atoms with Crippen LogP contribution in [0.25, 0.3) is 0 Å². The molecule has 6 nitrogen and oxygen atoms in total. The van der Waals surface area contributed by atoms with Crippen LogP contribution in [0.1, 0.15) is 23.5 Å². The Bertz CT molecular complexity index is 954. The molecule has 2 aromatic carbocycles. The number of nitrogens with zero attached hydrogens (tertiary/aromatic N) is 1. The fraction of sp³-hybridized carbons (Fsp3) is 0.350. The maximum atomic E-state index is 11.9. The van der Waals surface area contributed by atoms with E-state index in [0.29, 0.717) is 11.3 Å². The highest BCUT2D eigenvalue weighted by Gasteiger charge is 2.52. The number of anilines is 1. The molecule has 1 fully saturated rings. The van der Waals surface area contributed by atoms with Gasteiger partial charge in [-0.2, -0.15) is 0 Å². The van der Waals surface area contributed by atoms with Gasteiger partial charge in [-0.25, -0.2) is 4.79 Å². The number of fused-ring (bicyclic) bond motifs is 3. The topological polar surface area (TPSA) is 92.5 Å². The molecule has 28 heavy (non-hydrogen) atoms. The summed E-state index contributed by atoms with van der Waals surface area (Å²) in [5, 5.41) is 23.8. The number of halogens is 1. The van der Waals surface area contributed by atoms with Gasteiger partial charge in [-0.15, -0.1) is 23.4 Å². The second-order valence-electron chi connectivity index (χ2n) is 7.30. The van der Waals surface area contributed by atoms with E-state index in [4.69, 9.17) is 11.6 Å². The molecule has 0 amide bonds. The third kappa shape index (κ3) is 3.22. The number of alkyl halides is 1. The van der Waals surface area contributed by atoms with E-state index in [-0.39, 0.29) is 28.2 Å². The van der Waals surface area contributed by atoms with Gasteiger partial charge in [0.05, 0.1) is 15.2 Å². The Morgan fingerprint density at radius 2 is 2.07 bits per heavy atom. The molecule has 4 rings (SSSR count). The van der Waals surface area contributed by atoms with Crippen LogP contribution in [-0.4, -0.2) is 32.7 Å². The summed E-state index contributed by atoms with van der Waals surface area (Å²) in [6.45, 7) is 2.00. The van der Waals surface area contributed by atoms with E-state index in [1.807, 2.05) is 19.1 Å². The lowest BCUT2D eigenvalue weighted by Gasteiger charge is -2.36. The zero-order valence-corrected chi connectivity index (χ0v) is 16.6. The summed E-state index contributed by atoms with van der Waals surface area (Å²) in [4.78, 5) is 23.4. The van der Waals surface area contributed by atoms with Crippen LogP contribution in [-0.2, 0) is 4.79 Å². The van der Waals surface area contributed by atoms with Gasteiger partial charge >= 0.3 is 5.97 Å². The van der Waals surface area contributed by atoms with Crippen molar-refractivity contribution < 1.29 is 14.8 Å². The standard InChI is InChI=1S/C20H19ClN2O4S/c1-10-6-7-13-11(8-10)17-12(19(22-13)20(24)25)9-16(18(17)21)28-15-5-3-2-4-14(15)23(26)27/h2-8,12,16-19,22H,9H2,1H3,(H,24,25)/t12-,16-,17+,18-,19+/m0/s1. The minimum absolute atomic E-state index is 0.0513. The fourth-order valence-electron chi connectivity index (χ4n) is 4.35. The lowest BCUT2D eigenvalue weighted by molar-refractivity contribution is -0.387. The molecule has 1 aliphatic carbocycles. The average Bonchev–Trinajstić information content (AvgIpc) is 2.98. The second-order valence-corrected chi connectivity index (χ2v) is 9.09. The van der Waals surface area contributed by atoms with Gasteiger partial charge in [0.25, 0.3) is 5.69 Å². The summed E-state index contributed by atoms with van der Waals surface area (Å²) in [6, 6.07) is 11.8. The predicted molar refractivity (Wildman–Crippen MR) is 109 cm³/mol. The molecule has 1 aliphatic heterocycles.